The van der Waals surface area contributed by atoms with Gasteiger partial charge < -0.3 is 9.64 Å². The summed E-state index contributed by atoms with van der Waals surface area (Å²) in [5, 5.41) is 9.25. The standard InChI is InChI=1S/C12H18N4O3S/c1-8-13-14-12(20-8)16-7-9(6-10(16)17)11(18)15(2)4-5-19-3/h9H,4-7H2,1-3H3. The van der Waals surface area contributed by atoms with Crippen molar-refractivity contribution in [3.63, 3.8) is 0 Å². The number of aromatic nitrogens is 2. The molecule has 8 heteroatoms. The molecular weight excluding hydrogens is 280 g/mol. The first kappa shape index (κ1) is 14.9. The first-order chi connectivity index (χ1) is 9.52. The Morgan fingerprint density at radius 2 is 2.30 bits per heavy atom. The second-order valence-electron chi connectivity index (χ2n) is 4.76. The topological polar surface area (TPSA) is 75.6 Å². The van der Waals surface area contributed by atoms with Crippen LogP contribution in [0, 0.1) is 12.8 Å². The smallest absolute Gasteiger partial charge is 0.229 e. The highest BCUT2D eigenvalue weighted by atomic mass is 32.1. The molecule has 110 valence electrons. The minimum Gasteiger partial charge on any atom is -0.383 e. The van der Waals surface area contributed by atoms with Crippen molar-refractivity contribution in [1.82, 2.24) is 15.1 Å². The van der Waals surface area contributed by atoms with Gasteiger partial charge in [0.1, 0.15) is 5.01 Å². The molecule has 2 amide bonds. The maximum Gasteiger partial charge on any atom is 0.229 e. The number of likely N-dealkylation sites (N-methyl/N-ethyl adjacent to an activating group) is 1. The Kier molecular flexibility index (Phi) is 4.66. The zero-order chi connectivity index (χ0) is 14.7. The van der Waals surface area contributed by atoms with E-state index in [1.54, 1.807) is 24.0 Å². The molecule has 0 spiro atoms. The molecule has 2 rings (SSSR count). The molecule has 7 nitrogen and oxygen atoms in total. The fraction of sp³-hybridized carbons (Fsp3) is 0.667. The summed E-state index contributed by atoms with van der Waals surface area (Å²) in [5.41, 5.74) is 0. The molecule has 2 heterocycles. The highest BCUT2D eigenvalue weighted by molar-refractivity contribution is 7.15. The zero-order valence-corrected chi connectivity index (χ0v) is 12.6. The number of rotatable bonds is 5. The van der Waals surface area contributed by atoms with Gasteiger partial charge in [0.15, 0.2) is 0 Å². The predicted octanol–water partition coefficient (Wildman–Crippen LogP) is 0.304. The average molecular weight is 298 g/mol. The van der Waals surface area contributed by atoms with Crippen LogP contribution >= 0.6 is 11.3 Å². The molecular formula is C12H18N4O3S. The normalized spacial score (nSPS) is 18.6. The van der Waals surface area contributed by atoms with Gasteiger partial charge in [-0.05, 0) is 6.92 Å². The molecule has 20 heavy (non-hydrogen) atoms. The summed E-state index contributed by atoms with van der Waals surface area (Å²) >= 11 is 1.36. The molecule has 1 aliphatic heterocycles. The number of carbonyl (C=O) groups excluding carboxylic acids is 2. The van der Waals surface area contributed by atoms with Crippen LogP contribution in [0.2, 0.25) is 0 Å². The van der Waals surface area contributed by atoms with Gasteiger partial charge in [0.05, 0.1) is 12.5 Å². The van der Waals surface area contributed by atoms with E-state index in [1.807, 2.05) is 6.92 Å². The van der Waals surface area contributed by atoms with Crippen LogP contribution < -0.4 is 4.90 Å². The molecule has 1 aromatic rings. The van der Waals surface area contributed by atoms with E-state index in [2.05, 4.69) is 10.2 Å². The number of amides is 2. The monoisotopic (exact) mass is 298 g/mol. The third kappa shape index (κ3) is 3.13. The second-order valence-corrected chi connectivity index (χ2v) is 5.92. The summed E-state index contributed by atoms with van der Waals surface area (Å²) < 4.78 is 4.95. The predicted molar refractivity (Wildman–Crippen MR) is 74.6 cm³/mol. The summed E-state index contributed by atoms with van der Waals surface area (Å²) in [4.78, 5) is 27.4. The molecule has 1 saturated heterocycles. The average Bonchev–Trinajstić information content (AvgIpc) is 3.01. The molecule has 1 atom stereocenters. The van der Waals surface area contributed by atoms with Gasteiger partial charge in [0, 0.05) is 33.7 Å². The number of ether oxygens (including phenoxy) is 1. The molecule has 1 aromatic heterocycles. The number of hydrogen-bond acceptors (Lipinski definition) is 6. The van der Waals surface area contributed by atoms with Gasteiger partial charge in [0.2, 0.25) is 16.9 Å². The van der Waals surface area contributed by atoms with E-state index in [4.69, 9.17) is 4.74 Å². The second kappa shape index (κ2) is 6.27. The zero-order valence-electron chi connectivity index (χ0n) is 11.8. The minimum atomic E-state index is -0.312. The lowest BCUT2D eigenvalue weighted by Gasteiger charge is -2.20. The molecule has 0 aromatic carbocycles. The Morgan fingerprint density at radius 1 is 1.55 bits per heavy atom. The molecule has 0 saturated carbocycles. The third-order valence-electron chi connectivity index (χ3n) is 3.23. The SMILES string of the molecule is COCCN(C)C(=O)C1CC(=O)N(c2nnc(C)s2)C1. The van der Waals surface area contributed by atoms with E-state index in [0.29, 0.717) is 24.8 Å². The molecule has 0 bridgehead atoms. The van der Waals surface area contributed by atoms with Crippen LogP contribution in [0.5, 0.6) is 0 Å². The summed E-state index contributed by atoms with van der Waals surface area (Å²) in [6.07, 6.45) is 0.231. The Bertz CT molecular complexity index is 505. The highest BCUT2D eigenvalue weighted by Gasteiger charge is 2.37. The van der Waals surface area contributed by atoms with Gasteiger partial charge in [0.25, 0.3) is 0 Å². The van der Waals surface area contributed by atoms with Crippen molar-refractivity contribution >= 4 is 28.3 Å². The number of methoxy groups -OCH3 is 1. The van der Waals surface area contributed by atoms with Gasteiger partial charge in [-0.2, -0.15) is 0 Å². The van der Waals surface area contributed by atoms with Gasteiger partial charge in [-0.1, -0.05) is 11.3 Å². The van der Waals surface area contributed by atoms with Crippen molar-refractivity contribution in [2.75, 3.05) is 38.8 Å². The van der Waals surface area contributed by atoms with Crippen LogP contribution in [-0.2, 0) is 14.3 Å². The molecule has 0 N–H and O–H groups in total. The number of aryl methyl sites for hydroxylation is 1. The fourth-order valence-corrected chi connectivity index (χ4v) is 2.82. The quantitative estimate of drug-likeness (QED) is 0.782. The van der Waals surface area contributed by atoms with E-state index < -0.39 is 0 Å². The summed E-state index contributed by atoms with van der Waals surface area (Å²) in [5.74, 6) is -0.410. The third-order valence-corrected chi connectivity index (χ3v) is 4.09. The Balaban J connectivity index is 1.99. The Morgan fingerprint density at radius 3 is 2.90 bits per heavy atom. The van der Waals surface area contributed by atoms with Crippen molar-refractivity contribution < 1.29 is 14.3 Å². The summed E-state index contributed by atoms with van der Waals surface area (Å²) in [6.45, 7) is 3.23. The fourth-order valence-electron chi connectivity index (χ4n) is 2.10. The summed E-state index contributed by atoms with van der Waals surface area (Å²) in [6, 6.07) is 0. The van der Waals surface area contributed by atoms with Gasteiger partial charge in [-0.3, -0.25) is 14.5 Å². The van der Waals surface area contributed by atoms with Crippen LogP contribution in [0.1, 0.15) is 11.4 Å². The lowest BCUT2D eigenvalue weighted by molar-refractivity contribution is -0.135. The van der Waals surface area contributed by atoms with Crippen LogP contribution in [-0.4, -0.2) is 60.8 Å². The largest absolute Gasteiger partial charge is 0.383 e. The maximum absolute atomic E-state index is 12.2. The maximum atomic E-state index is 12.2. The molecule has 1 aliphatic rings. The van der Waals surface area contributed by atoms with E-state index in [0.717, 1.165) is 5.01 Å². The summed E-state index contributed by atoms with van der Waals surface area (Å²) in [7, 11) is 3.32. The van der Waals surface area contributed by atoms with Crippen molar-refractivity contribution in [3.05, 3.63) is 5.01 Å². The molecule has 1 fully saturated rings. The minimum absolute atomic E-state index is 0.0286. The van der Waals surface area contributed by atoms with E-state index in [-0.39, 0.29) is 24.2 Å². The van der Waals surface area contributed by atoms with Crippen molar-refractivity contribution in [3.8, 4) is 0 Å². The Hall–Kier alpha value is -1.54. The van der Waals surface area contributed by atoms with Crippen LogP contribution in [0.25, 0.3) is 0 Å². The van der Waals surface area contributed by atoms with Gasteiger partial charge >= 0.3 is 0 Å². The Labute approximate surface area is 121 Å². The van der Waals surface area contributed by atoms with E-state index in [9.17, 15) is 9.59 Å². The first-order valence-electron chi connectivity index (χ1n) is 6.37. The molecule has 0 aliphatic carbocycles. The molecule has 0 radical (unpaired) electrons. The van der Waals surface area contributed by atoms with Crippen molar-refractivity contribution in [1.29, 1.82) is 0 Å². The van der Waals surface area contributed by atoms with Crippen molar-refractivity contribution in [2.45, 2.75) is 13.3 Å². The first-order valence-corrected chi connectivity index (χ1v) is 7.19. The highest BCUT2D eigenvalue weighted by Crippen LogP contribution is 2.28. The van der Waals surface area contributed by atoms with Gasteiger partial charge in [-0.15, -0.1) is 10.2 Å². The van der Waals surface area contributed by atoms with E-state index in [1.165, 1.54) is 11.3 Å². The van der Waals surface area contributed by atoms with Crippen molar-refractivity contribution in [2.24, 2.45) is 5.92 Å². The van der Waals surface area contributed by atoms with Crippen LogP contribution in [0.4, 0.5) is 5.13 Å². The number of nitrogens with zero attached hydrogens (tertiary/aromatic N) is 4. The van der Waals surface area contributed by atoms with Crippen LogP contribution in [0.3, 0.4) is 0 Å². The lowest BCUT2D eigenvalue weighted by Crippen LogP contribution is -2.36. The number of anilines is 1. The van der Waals surface area contributed by atoms with E-state index >= 15 is 0 Å². The number of hydrogen-bond donors (Lipinski definition) is 0. The number of carbonyl (C=O) groups is 2. The lowest BCUT2D eigenvalue weighted by atomic mass is 10.1. The molecule has 1 unspecified atom stereocenters. The van der Waals surface area contributed by atoms with Crippen LogP contribution in [0.15, 0.2) is 0 Å². The van der Waals surface area contributed by atoms with Gasteiger partial charge in [-0.25, -0.2) is 0 Å².